The van der Waals surface area contributed by atoms with Gasteiger partial charge in [-0.2, -0.15) is 5.26 Å². The molecular formula is C22H29NO2. The van der Waals surface area contributed by atoms with Crippen LogP contribution in [-0.2, 0) is 9.53 Å². The maximum atomic E-state index is 11.3. The molecule has 0 amide bonds. The lowest BCUT2D eigenvalue weighted by molar-refractivity contribution is -0.148. The number of nitriles is 1. The minimum Gasteiger partial charge on any atom is -0.462 e. The lowest BCUT2D eigenvalue weighted by Crippen LogP contribution is -2.50. The number of nitrogens with zero attached hydrogens (tertiary/aromatic N) is 1. The van der Waals surface area contributed by atoms with Crippen molar-refractivity contribution in [1.29, 1.82) is 5.26 Å². The van der Waals surface area contributed by atoms with Crippen LogP contribution in [0.3, 0.4) is 0 Å². The Labute approximate surface area is 151 Å². The lowest BCUT2D eigenvalue weighted by Gasteiger charge is -2.57. The molecule has 4 rings (SSSR count). The number of hydrogen-bond acceptors (Lipinski definition) is 3. The van der Waals surface area contributed by atoms with E-state index in [0.29, 0.717) is 11.8 Å². The van der Waals surface area contributed by atoms with Gasteiger partial charge in [0.05, 0.1) is 6.07 Å². The fourth-order valence-electron chi connectivity index (χ4n) is 6.70. The summed E-state index contributed by atoms with van der Waals surface area (Å²) >= 11 is 0. The monoisotopic (exact) mass is 339 g/mol. The van der Waals surface area contributed by atoms with Gasteiger partial charge >= 0.3 is 5.97 Å². The highest BCUT2D eigenvalue weighted by atomic mass is 16.5. The summed E-state index contributed by atoms with van der Waals surface area (Å²) in [5, 5.41) is 9.53. The highest BCUT2D eigenvalue weighted by Gasteiger charge is 2.56. The number of carbonyl (C=O) groups excluding carboxylic acids is 1. The molecule has 0 radical (unpaired) electrons. The molecule has 0 unspecified atom stereocenters. The van der Waals surface area contributed by atoms with E-state index >= 15 is 0 Å². The molecule has 134 valence electrons. The van der Waals surface area contributed by atoms with Crippen molar-refractivity contribution in [1.82, 2.24) is 0 Å². The third kappa shape index (κ3) is 2.40. The molecule has 2 fully saturated rings. The summed E-state index contributed by atoms with van der Waals surface area (Å²) < 4.78 is 5.51. The molecular weight excluding hydrogens is 310 g/mol. The molecule has 0 aromatic rings. The Morgan fingerprint density at radius 1 is 1.16 bits per heavy atom. The van der Waals surface area contributed by atoms with Crippen LogP contribution < -0.4 is 0 Å². The van der Waals surface area contributed by atoms with E-state index in [2.05, 4.69) is 32.1 Å². The van der Waals surface area contributed by atoms with Gasteiger partial charge in [0.25, 0.3) is 0 Å². The average Bonchev–Trinajstić information content (AvgIpc) is 2.91. The van der Waals surface area contributed by atoms with Crippen molar-refractivity contribution in [2.75, 3.05) is 0 Å². The predicted molar refractivity (Wildman–Crippen MR) is 96.3 cm³/mol. The second-order valence-electron chi connectivity index (χ2n) is 9.16. The highest BCUT2D eigenvalue weighted by molar-refractivity contribution is 5.66. The zero-order valence-corrected chi connectivity index (χ0v) is 15.7. The molecule has 0 aromatic carbocycles. The van der Waals surface area contributed by atoms with Crippen molar-refractivity contribution in [3.63, 3.8) is 0 Å². The van der Waals surface area contributed by atoms with Gasteiger partial charge in [0.1, 0.15) is 6.10 Å². The van der Waals surface area contributed by atoms with Crippen LogP contribution in [-0.4, -0.2) is 12.1 Å². The van der Waals surface area contributed by atoms with Crippen molar-refractivity contribution in [2.24, 2.45) is 28.6 Å². The smallest absolute Gasteiger partial charge is 0.302 e. The van der Waals surface area contributed by atoms with Crippen molar-refractivity contribution in [3.05, 3.63) is 23.3 Å². The molecule has 0 aromatic heterocycles. The van der Waals surface area contributed by atoms with E-state index in [9.17, 15) is 10.1 Å². The number of hydrogen-bond donors (Lipinski definition) is 0. The third-order valence-electron chi connectivity index (χ3n) is 8.09. The molecule has 4 aliphatic carbocycles. The Morgan fingerprint density at radius 2 is 1.92 bits per heavy atom. The summed E-state index contributed by atoms with van der Waals surface area (Å²) in [7, 11) is 0. The van der Waals surface area contributed by atoms with Crippen LogP contribution in [0.4, 0.5) is 0 Å². The first-order valence-corrected chi connectivity index (χ1v) is 9.86. The summed E-state index contributed by atoms with van der Waals surface area (Å²) in [6.45, 7) is 6.30. The Hall–Kier alpha value is -1.56. The van der Waals surface area contributed by atoms with E-state index in [-0.39, 0.29) is 22.9 Å². The topological polar surface area (TPSA) is 50.1 Å². The van der Waals surface area contributed by atoms with Crippen molar-refractivity contribution in [2.45, 2.75) is 71.8 Å². The van der Waals surface area contributed by atoms with E-state index in [1.807, 2.05) is 0 Å². The predicted octanol–water partition coefficient (Wildman–Crippen LogP) is 4.94. The van der Waals surface area contributed by atoms with Gasteiger partial charge in [0.15, 0.2) is 0 Å². The first kappa shape index (κ1) is 16.9. The van der Waals surface area contributed by atoms with E-state index in [1.165, 1.54) is 18.9 Å². The first-order chi connectivity index (χ1) is 11.9. The second kappa shape index (κ2) is 5.73. The molecule has 0 bridgehead atoms. The van der Waals surface area contributed by atoms with E-state index in [0.717, 1.165) is 50.0 Å². The van der Waals surface area contributed by atoms with Gasteiger partial charge in [0.2, 0.25) is 0 Å². The molecule has 0 saturated heterocycles. The van der Waals surface area contributed by atoms with Gasteiger partial charge in [-0.25, -0.2) is 0 Å². The molecule has 25 heavy (non-hydrogen) atoms. The van der Waals surface area contributed by atoms with Crippen LogP contribution >= 0.6 is 0 Å². The molecule has 0 spiro atoms. The summed E-state index contributed by atoms with van der Waals surface area (Å²) in [4.78, 5) is 11.3. The summed E-state index contributed by atoms with van der Waals surface area (Å²) in [5.74, 6) is 1.88. The maximum absolute atomic E-state index is 11.3. The molecule has 6 atom stereocenters. The SMILES string of the molecule is CC(=O)O[C@@H]1CC[C@]2(C)C(=CC[C@H]3[C@H]2CC[C@]2(C)C(C#N)=CC[C@@H]32)C1. The van der Waals surface area contributed by atoms with Crippen molar-refractivity contribution >= 4 is 5.97 Å². The Bertz CT molecular complexity index is 699. The minimum atomic E-state index is -0.155. The second-order valence-corrected chi connectivity index (χ2v) is 9.16. The summed E-state index contributed by atoms with van der Waals surface area (Å²) in [6.07, 6.45) is 12.4. The van der Waals surface area contributed by atoms with Crippen LogP contribution in [0.25, 0.3) is 0 Å². The number of ether oxygens (including phenoxy) is 1. The Morgan fingerprint density at radius 3 is 2.64 bits per heavy atom. The summed E-state index contributed by atoms with van der Waals surface area (Å²) in [5.41, 5.74) is 2.93. The Balaban J connectivity index is 1.59. The van der Waals surface area contributed by atoms with Crippen LogP contribution in [0, 0.1) is 39.9 Å². The zero-order chi connectivity index (χ0) is 17.8. The standard InChI is InChI=1S/C22H29NO2/c1-14(24)25-17-8-10-21(2)15(12-17)4-6-18-19-7-5-16(13-23)22(19,3)11-9-20(18)21/h4-5,17-20H,6-12H2,1-3H3/t17-,18-,19+,20-,21-,22-/m1/s1. The number of esters is 1. The normalized spacial score (nSPS) is 45.2. The van der Waals surface area contributed by atoms with Gasteiger partial charge in [-0.05, 0) is 61.7 Å². The molecule has 4 aliphatic rings. The van der Waals surface area contributed by atoms with E-state index in [4.69, 9.17) is 4.74 Å². The molecule has 3 nitrogen and oxygen atoms in total. The molecule has 3 heteroatoms. The number of fused-ring (bicyclic) bond motifs is 5. The largest absolute Gasteiger partial charge is 0.462 e. The fraction of sp³-hybridized carbons (Fsp3) is 0.727. The quantitative estimate of drug-likeness (QED) is 0.502. The van der Waals surface area contributed by atoms with E-state index < -0.39 is 0 Å². The first-order valence-electron chi connectivity index (χ1n) is 9.86. The fourth-order valence-corrected chi connectivity index (χ4v) is 6.70. The Kier molecular flexibility index (Phi) is 3.87. The number of rotatable bonds is 1. The van der Waals surface area contributed by atoms with E-state index in [1.54, 1.807) is 0 Å². The lowest BCUT2D eigenvalue weighted by atomic mass is 9.47. The van der Waals surface area contributed by atoms with Crippen molar-refractivity contribution < 1.29 is 9.53 Å². The molecule has 0 heterocycles. The molecule has 0 N–H and O–H groups in total. The van der Waals surface area contributed by atoms with Gasteiger partial charge in [-0.1, -0.05) is 31.6 Å². The zero-order valence-electron chi connectivity index (χ0n) is 15.7. The average molecular weight is 339 g/mol. The van der Waals surface area contributed by atoms with Gasteiger partial charge in [-0.3, -0.25) is 4.79 Å². The molecule has 0 aliphatic heterocycles. The highest BCUT2D eigenvalue weighted by Crippen LogP contribution is 2.64. The van der Waals surface area contributed by atoms with Crippen LogP contribution in [0.2, 0.25) is 0 Å². The van der Waals surface area contributed by atoms with Gasteiger partial charge in [-0.15, -0.1) is 0 Å². The number of carbonyl (C=O) groups is 1. The van der Waals surface area contributed by atoms with Crippen LogP contribution in [0.5, 0.6) is 0 Å². The molecule has 2 saturated carbocycles. The van der Waals surface area contributed by atoms with Crippen LogP contribution in [0.1, 0.15) is 65.7 Å². The number of allylic oxidation sites excluding steroid dienone is 3. The third-order valence-corrected chi connectivity index (χ3v) is 8.09. The van der Waals surface area contributed by atoms with Crippen LogP contribution in [0.15, 0.2) is 23.3 Å². The van der Waals surface area contributed by atoms with Gasteiger partial charge in [0, 0.05) is 24.3 Å². The minimum absolute atomic E-state index is 0.0700. The maximum Gasteiger partial charge on any atom is 0.302 e. The van der Waals surface area contributed by atoms with Gasteiger partial charge < -0.3 is 4.74 Å². The van der Waals surface area contributed by atoms with Crippen molar-refractivity contribution in [3.8, 4) is 6.07 Å². The summed E-state index contributed by atoms with van der Waals surface area (Å²) in [6, 6.07) is 2.49.